The fourth-order valence-corrected chi connectivity index (χ4v) is 5.19. The second-order valence-corrected chi connectivity index (χ2v) is 9.81. The SMILES string of the molecule is COc1ccc(C(C)c2cn(C)c(=O)c3c2cc(-c2cnn(C4COC4)c2)n3-c2ccccc2C)cc1. The Morgan fingerprint density at radius 3 is 2.51 bits per heavy atom. The molecule has 1 aliphatic rings. The van der Waals surface area contributed by atoms with Gasteiger partial charge in [-0.15, -0.1) is 0 Å². The van der Waals surface area contributed by atoms with Crippen molar-refractivity contribution in [1.82, 2.24) is 18.9 Å². The highest BCUT2D eigenvalue weighted by Crippen LogP contribution is 2.37. The second-order valence-electron chi connectivity index (χ2n) is 9.81. The fraction of sp³-hybridized carbons (Fsp3) is 0.267. The van der Waals surface area contributed by atoms with Crippen molar-refractivity contribution in [3.8, 4) is 22.7 Å². The van der Waals surface area contributed by atoms with Crippen LogP contribution < -0.4 is 10.3 Å². The lowest BCUT2D eigenvalue weighted by Crippen LogP contribution is -2.30. The molecule has 1 atom stereocenters. The highest BCUT2D eigenvalue weighted by Gasteiger charge is 2.25. The van der Waals surface area contributed by atoms with Crippen molar-refractivity contribution in [2.75, 3.05) is 20.3 Å². The number of rotatable bonds is 6. The molecule has 1 unspecified atom stereocenters. The van der Waals surface area contributed by atoms with Crippen molar-refractivity contribution >= 4 is 10.9 Å². The van der Waals surface area contributed by atoms with Crippen molar-refractivity contribution in [2.45, 2.75) is 25.8 Å². The van der Waals surface area contributed by atoms with E-state index in [0.717, 1.165) is 44.8 Å². The molecular formula is C30H30N4O3. The minimum atomic E-state index is -0.0324. The molecule has 0 radical (unpaired) electrons. The first-order chi connectivity index (χ1) is 18.0. The summed E-state index contributed by atoms with van der Waals surface area (Å²) < 4.78 is 16.5. The summed E-state index contributed by atoms with van der Waals surface area (Å²) in [6.45, 7) is 5.60. The largest absolute Gasteiger partial charge is 0.497 e. The zero-order valence-corrected chi connectivity index (χ0v) is 21.5. The molecule has 6 rings (SSSR count). The van der Waals surface area contributed by atoms with Crippen LogP contribution in [-0.4, -0.2) is 39.2 Å². The monoisotopic (exact) mass is 494 g/mol. The molecule has 7 nitrogen and oxygen atoms in total. The molecule has 37 heavy (non-hydrogen) atoms. The standard InChI is InChI=1S/C30H30N4O3/c1-19-7-5-6-8-27(19)34-28(22-14-31-33(15-22)23-17-37-18-23)13-25-26(16-32(3)30(35)29(25)34)20(2)21-9-11-24(36-4)12-10-21/h5-16,20,23H,17-18H2,1-4H3. The van der Waals surface area contributed by atoms with Crippen molar-refractivity contribution in [2.24, 2.45) is 7.05 Å². The second kappa shape index (κ2) is 9.09. The number of nitrogens with zero attached hydrogens (tertiary/aromatic N) is 4. The highest BCUT2D eigenvalue weighted by atomic mass is 16.5. The molecule has 4 heterocycles. The number of pyridine rings is 1. The van der Waals surface area contributed by atoms with E-state index in [1.807, 2.05) is 48.4 Å². The summed E-state index contributed by atoms with van der Waals surface area (Å²) in [6.07, 6.45) is 5.92. The Hall–Kier alpha value is -4.10. The third-order valence-corrected chi connectivity index (χ3v) is 7.50. The van der Waals surface area contributed by atoms with Crippen LogP contribution in [0, 0.1) is 6.92 Å². The molecule has 0 N–H and O–H groups in total. The van der Waals surface area contributed by atoms with Crippen molar-refractivity contribution in [1.29, 1.82) is 0 Å². The van der Waals surface area contributed by atoms with E-state index in [1.54, 1.807) is 11.7 Å². The molecule has 5 aromatic rings. The van der Waals surface area contributed by atoms with Gasteiger partial charge in [-0.1, -0.05) is 37.3 Å². The molecule has 1 aliphatic heterocycles. The van der Waals surface area contributed by atoms with E-state index in [-0.39, 0.29) is 17.5 Å². The molecule has 188 valence electrons. The van der Waals surface area contributed by atoms with Crippen molar-refractivity contribution in [3.63, 3.8) is 0 Å². The Morgan fingerprint density at radius 2 is 1.84 bits per heavy atom. The topological polar surface area (TPSA) is 63.2 Å². The predicted molar refractivity (Wildman–Crippen MR) is 145 cm³/mol. The first kappa shape index (κ1) is 23.3. The minimum absolute atomic E-state index is 0.0324. The van der Waals surface area contributed by atoms with Gasteiger partial charge in [0.1, 0.15) is 11.3 Å². The number of aromatic nitrogens is 4. The van der Waals surface area contributed by atoms with Gasteiger partial charge < -0.3 is 18.6 Å². The van der Waals surface area contributed by atoms with Crippen LogP contribution in [0.2, 0.25) is 0 Å². The van der Waals surface area contributed by atoms with E-state index in [2.05, 4.69) is 60.0 Å². The molecule has 0 aliphatic carbocycles. The van der Waals surface area contributed by atoms with Gasteiger partial charge in [0.2, 0.25) is 0 Å². The molecule has 1 saturated heterocycles. The van der Waals surface area contributed by atoms with Crippen LogP contribution in [0.15, 0.2) is 78.0 Å². The van der Waals surface area contributed by atoms with Gasteiger partial charge in [-0.2, -0.15) is 5.10 Å². The maximum Gasteiger partial charge on any atom is 0.275 e. The number of para-hydroxylation sites is 1. The van der Waals surface area contributed by atoms with Crippen molar-refractivity contribution in [3.05, 3.63) is 100 Å². The number of hydrogen-bond donors (Lipinski definition) is 0. The Labute approximate surface area is 215 Å². The van der Waals surface area contributed by atoms with Crippen LogP contribution in [0.1, 0.15) is 35.6 Å². The van der Waals surface area contributed by atoms with Crippen LogP contribution in [-0.2, 0) is 11.8 Å². The molecule has 1 fully saturated rings. The number of ether oxygens (including phenoxy) is 2. The normalized spacial score (nSPS) is 14.6. The molecule has 0 spiro atoms. The summed E-state index contributed by atoms with van der Waals surface area (Å²) in [5, 5.41) is 5.58. The van der Waals surface area contributed by atoms with Crippen LogP contribution in [0.5, 0.6) is 5.75 Å². The predicted octanol–water partition coefficient (Wildman–Crippen LogP) is 5.23. The summed E-state index contributed by atoms with van der Waals surface area (Å²) >= 11 is 0. The molecule has 7 heteroatoms. The maximum absolute atomic E-state index is 13.7. The zero-order chi connectivity index (χ0) is 25.7. The molecule has 0 amide bonds. The minimum Gasteiger partial charge on any atom is -0.497 e. The van der Waals surface area contributed by atoms with Gasteiger partial charge in [-0.05, 0) is 47.9 Å². The Morgan fingerprint density at radius 1 is 1.08 bits per heavy atom. The third-order valence-electron chi connectivity index (χ3n) is 7.50. The van der Waals surface area contributed by atoms with Gasteiger partial charge in [0, 0.05) is 42.0 Å². The Balaban J connectivity index is 1.61. The van der Waals surface area contributed by atoms with Crippen LogP contribution in [0.25, 0.3) is 27.8 Å². The smallest absolute Gasteiger partial charge is 0.275 e. The summed E-state index contributed by atoms with van der Waals surface area (Å²) in [7, 11) is 3.50. The molecule has 2 aromatic carbocycles. The molecule has 3 aromatic heterocycles. The van der Waals surface area contributed by atoms with E-state index in [9.17, 15) is 4.79 Å². The van der Waals surface area contributed by atoms with Gasteiger partial charge >= 0.3 is 0 Å². The number of methoxy groups -OCH3 is 1. The van der Waals surface area contributed by atoms with Gasteiger partial charge in [-0.25, -0.2) is 0 Å². The molecule has 0 bridgehead atoms. The maximum atomic E-state index is 13.7. The van der Waals surface area contributed by atoms with E-state index < -0.39 is 0 Å². The molecular weight excluding hydrogens is 464 g/mol. The van der Waals surface area contributed by atoms with E-state index in [4.69, 9.17) is 9.47 Å². The average molecular weight is 495 g/mol. The average Bonchev–Trinajstić information content (AvgIpc) is 3.51. The van der Waals surface area contributed by atoms with E-state index >= 15 is 0 Å². The van der Waals surface area contributed by atoms with Gasteiger partial charge in [0.25, 0.3) is 5.56 Å². The van der Waals surface area contributed by atoms with E-state index in [1.165, 1.54) is 0 Å². The van der Waals surface area contributed by atoms with Crippen LogP contribution in [0.3, 0.4) is 0 Å². The van der Waals surface area contributed by atoms with Gasteiger partial charge in [0.15, 0.2) is 0 Å². The van der Waals surface area contributed by atoms with Gasteiger partial charge in [0.05, 0.1) is 38.3 Å². The first-order valence-electron chi connectivity index (χ1n) is 12.5. The Bertz CT molecular complexity index is 1650. The fourth-order valence-electron chi connectivity index (χ4n) is 5.19. The first-order valence-corrected chi connectivity index (χ1v) is 12.5. The van der Waals surface area contributed by atoms with Crippen molar-refractivity contribution < 1.29 is 9.47 Å². The Kier molecular flexibility index (Phi) is 5.72. The van der Waals surface area contributed by atoms with Crippen LogP contribution >= 0.6 is 0 Å². The number of aryl methyl sites for hydroxylation is 2. The lowest BCUT2D eigenvalue weighted by molar-refractivity contribution is -0.0286. The summed E-state index contributed by atoms with van der Waals surface area (Å²) in [5.41, 5.74) is 6.88. The lowest BCUT2D eigenvalue weighted by atomic mass is 9.92. The third kappa shape index (κ3) is 3.86. The van der Waals surface area contributed by atoms with Gasteiger partial charge in [-0.3, -0.25) is 9.48 Å². The summed E-state index contributed by atoms with van der Waals surface area (Å²) in [6, 6.07) is 18.7. The van der Waals surface area contributed by atoms with E-state index in [0.29, 0.717) is 18.7 Å². The van der Waals surface area contributed by atoms with Crippen LogP contribution in [0.4, 0.5) is 0 Å². The molecule has 0 saturated carbocycles. The number of hydrogen-bond acceptors (Lipinski definition) is 4. The highest BCUT2D eigenvalue weighted by molar-refractivity contribution is 5.91. The zero-order valence-electron chi connectivity index (χ0n) is 21.5. The lowest BCUT2D eigenvalue weighted by Gasteiger charge is -2.25. The quantitative estimate of drug-likeness (QED) is 0.324. The summed E-state index contributed by atoms with van der Waals surface area (Å²) in [4.78, 5) is 13.7. The summed E-state index contributed by atoms with van der Waals surface area (Å²) in [5.74, 6) is 0.888. The number of benzene rings is 2. The number of fused-ring (bicyclic) bond motifs is 1.